The number of ether oxygens (including phenoxy) is 2. The van der Waals surface area contributed by atoms with Crippen molar-refractivity contribution in [2.24, 2.45) is 0 Å². The highest BCUT2D eigenvalue weighted by Crippen LogP contribution is 2.21. The zero-order valence-corrected chi connectivity index (χ0v) is 12.8. The molecular formula is C14H15ClN4O3. The predicted molar refractivity (Wildman–Crippen MR) is 83.1 cm³/mol. The summed E-state index contributed by atoms with van der Waals surface area (Å²) in [7, 11) is 2.81. The van der Waals surface area contributed by atoms with Crippen LogP contribution in [0.2, 0.25) is 5.15 Å². The number of carbonyl (C=O) groups excluding carboxylic acids is 1. The number of nitrogens with one attached hydrogen (secondary N) is 1. The van der Waals surface area contributed by atoms with Crippen molar-refractivity contribution in [3.05, 3.63) is 40.5 Å². The average molecular weight is 323 g/mol. The lowest BCUT2D eigenvalue weighted by Gasteiger charge is -2.10. The molecule has 0 spiro atoms. The quantitative estimate of drug-likeness (QED) is 0.642. The van der Waals surface area contributed by atoms with E-state index in [1.165, 1.54) is 14.2 Å². The third kappa shape index (κ3) is 3.76. The Morgan fingerprint density at radius 1 is 1.32 bits per heavy atom. The van der Waals surface area contributed by atoms with Crippen molar-refractivity contribution >= 4 is 29.3 Å². The van der Waals surface area contributed by atoms with Gasteiger partial charge in [0.2, 0.25) is 5.95 Å². The second-order valence-corrected chi connectivity index (χ2v) is 4.70. The highest BCUT2D eigenvalue weighted by atomic mass is 35.5. The van der Waals surface area contributed by atoms with Crippen LogP contribution in [0.4, 0.5) is 11.8 Å². The third-order valence-corrected chi connectivity index (χ3v) is 3.05. The van der Waals surface area contributed by atoms with Gasteiger partial charge >= 0.3 is 5.97 Å². The fourth-order valence-electron chi connectivity index (χ4n) is 1.85. The Bertz CT molecular complexity index is 674. The summed E-state index contributed by atoms with van der Waals surface area (Å²) in [5, 5.41) is 3.31. The molecule has 1 heterocycles. The maximum atomic E-state index is 11.7. The number of carbonyl (C=O) groups is 1. The normalized spacial score (nSPS) is 10.1. The molecule has 0 amide bonds. The number of hydrogen-bond donors (Lipinski definition) is 2. The summed E-state index contributed by atoms with van der Waals surface area (Å²) in [5.41, 5.74) is 6.72. The highest BCUT2D eigenvalue weighted by Gasteiger charge is 2.13. The van der Waals surface area contributed by atoms with Crippen LogP contribution in [0.3, 0.4) is 0 Å². The number of aromatic nitrogens is 2. The van der Waals surface area contributed by atoms with E-state index in [9.17, 15) is 4.79 Å². The molecule has 0 saturated heterocycles. The molecule has 7 nitrogen and oxygen atoms in total. The molecule has 116 valence electrons. The summed E-state index contributed by atoms with van der Waals surface area (Å²) in [6, 6.07) is 6.77. The molecule has 0 fully saturated rings. The Morgan fingerprint density at radius 3 is 2.73 bits per heavy atom. The minimum absolute atomic E-state index is 0.0833. The van der Waals surface area contributed by atoms with Gasteiger partial charge in [-0.2, -0.15) is 4.98 Å². The molecule has 0 aliphatic heterocycles. The molecule has 0 aliphatic rings. The summed E-state index contributed by atoms with van der Waals surface area (Å²) in [6.07, 6.45) is 0. The summed E-state index contributed by atoms with van der Waals surface area (Å²) in [4.78, 5) is 19.5. The molecule has 0 bridgehead atoms. The second-order valence-electron chi connectivity index (χ2n) is 4.31. The van der Waals surface area contributed by atoms with Crippen LogP contribution in [-0.4, -0.2) is 30.2 Å². The lowest BCUT2D eigenvalue weighted by Crippen LogP contribution is -2.08. The molecule has 0 aliphatic carbocycles. The number of methoxy groups -OCH3 is 2. The van der Waals surface area contributed by atoms with E-state index in [0.29, 0.717) is 23.7 Å². The standard InChI is InChI=1S/C14H15ClN4O3/c1-21-10-4-3-8(5-9(10)13(20)22-2)7-17-12-6-11(15)18-14(16)19-12/h3-6H,7H2,1-2H3,(H3,16,17,18,19). The van der Waals surface area contributed by atoms with E-state index in [-0.39, 0.29) is 11.1 Å². The summed E-state index contributed by atoms with van der Waals surface area (Å²) in [6.45, 7) is 0.417. The summed E-state index contributed by atoms with van der Waals surface area (Å²) >= 11 is 5.81. The van der Waals surface area contributed by atoms with Crippen LogP contribution >= 0.6 is 11.6 Å². The van der Waals surface area contributed by atoms with Gasteiger partial charge in [-0.05, 0) is 17.7 Å². The van der Waals surface area contributed by atoms with Crippen molar-refractivity contribution in [3.8, 4) is 5.75 Å². The van der Waals surface area contributed by atoms with E-state index in [1.807, 2.05) is 6.07 Å². The summed E-state index contributed by atoms with van der Waals surface area (Å²) < 4.78 is 9.88. The molecule has 2 rings (SSSR count). The number of esters is 1. The molecule has 0 unspecified atom stereocenters. The number of halogens is 1. The van der Waals surface area contributed by atoms with E-state index in [1.54, 1.807) is 18.2 Å². The van der Waals surface area contributed by atoms with Gasteiger partial charge in [0.05, 0.1) is 14.2 Å². The molecule has 2 aromatic rings. The van der Waals surface area contributed by atoms with E-state index in [0.717, 1.165) is 5.56 Å². The monoisotopic (exact) mass is 322 g/mol. The van der Waals surface area contributed by atoms with Gasteiger partial charge in [-0.25, -0.2) is 9.78 Å². The van der Waals surface area contributed by atoms with E-state index >= 15 is 0 Å². The third-order valence-electron chi connectivity index (χ3n) is 2.86. The van der Waals surface area contributed by atoms with Crippen LogP contribution in [0.1, 0.15) is 15.9 Å². The minimum atomic E-state index is -0.465. The largest absolute Gasteiger partial charge is 0.496 e. The number of hydrogen-bond acceptors (Lipinski definition) is 7. The van der Waals surface area contributed by atoms with Crippen LogP contribution in [0.25, 0.3) is 0 Å². The SMILES string of the molecule is COC(=O)c1cc(CNc2cc(Cl)nc(N)n2)ccc1OC. The summed E-state index contributed by atoms with van der Waals surface area (Å²) in [5.74, 6) is 0.561. The van der Waals surface area contributed by atoms with E-state index in [2.05, 4.69) is 15.3 Å². The highest BCUT2D eigenvalue weighted by molar-refractivity contribution is 6.29. The Morgan fingerprint density at radius 2 is 2.09 bits per heavy atom. The first-order valence-electron chi connectivity index (χ1n) is 6.32. The number of nitrogen functional groups attached to an aromatic ring is 1. The van der Waals surface area contributed by atoms with Gasteiger partial charge in [-0.3, -0.25) is 0 Å². The first-order valence-corrected chi connectivity index (χ1v) is 6.70. The molecule has 3 N–H and O–H groups in total. The van der Waals surface area contributed by atoms with Gasteiger partial charge < -0.3 is 20.5 Å². The molecule has 22 heavy (non-hydrogen) atoms. The number of rotatable bonds is 5. The van der Waals surface area contributed by atoms with Crippen molar-refractivity contribution in [2.75, 3.05) is 25.3 Å². The number of nitrogens with zero attached hydrogens (tertiary/aromatic N) is 2. The first-order chi connectivity index (χ1) is 10.5. The molecule has 1 aromatic heterocycles. The number of nitrogens with two attached hydrogens (primary N) is 1. The zero-order valence-electron chi connectivity index (χ0n) is 12.1. The van der Waals surface area contributed by atoms with Gasteiger partial charge in [0, 0.05) is 12.6 Å². The van der Waals surface area contributed by atoms with Crippen molar-refractivity contribution < 1.29 is 14.3 Å². The van der Waals surface area contributed by atoms with Gasteiger partial charge in [0.1, 0.15) is 22.3 Å². The average Bonchev–Trinajstić information content (AvgIpc) is 2.51. The number of benzene rings is 1. The minimum Gasteiger partial charge on any atom is -0.496 e. The molecule has 0 saturated carbocycles. The Kier molecular flexibility index (Phi) is 5.00. The maximum Gasteiger partial charge on any atom is 0.341 e. The zero-order chi connectivity index (χ0) is 16.1. The van der Waals surface area contributed by atoms with Crippen LogP contribution in [-0.2, 0) is 11.3 Å². The van der Waals surface area contributed by atoms with Gasteiger partial charge in [-0.1, -0.05) is 17.7 Å². The lowest BCUT2D eigenvalue weighted by atomic mass is 10.1. The Hall–Kier alpha value is -2.54. The van der Waals surface area contributed by atoms with Crippen LogP contribution < -0.4 is 15.8 Å². The molecule has 8 heteroatoms. The first kappa shape index (κ1) is 15.8. The molecule has 0 atom stereocenters. The van der Waals surface area contributed by atoms with E-state index in [4.69, 9.17) is 26.8 Å². The molecular weight excluding hydrogens is 308 g/mol. The Labute approximate surface area is 132 Å². The fourth-order valence-corrected chi connectivity index (χ4v) is 2.04. The second kappa shape index (κ2) is 6.95. The van der Waals surface area contributed by atoms with Crippen molar-refractivity contribution in [3.63, 3.8) is 0 Å². The van der Waals surface area contributed by atoms with Crippen LogP contribution in [0.5, 0.6) is 5.75 Å². The van der Waals surface area contributed by atoms with Crippen LogP contribution in [0.15, 0.2) is 24.3 Å². The lowest BCUT2D eigenvalue weighted by molar-refractivity contribution is 0.0597. The molecule has 1 aromatic carbocycles. The van der Waals surface area contributed by atoms with Crippen molar-refractivity contribution in [1.29, 1.82) is 0 Å². The van der Waals surface area contributed by atoms with Crippen LogP contribution in [0, 0.1) is 0 Å². The topological polar surface area (TPSA) is 99.4 Å². The van der Waals surface area contributed by atoms with Gasteiger partial charge in [0.15, 0.2) is 0 Å². The van der Waals surface area contributed by atoms with Gasteiger partial charge in [0.25, 0.3) is 0 Å². The van der Waals surface area contributed by atoms with E-state index < -0.39 is 5.97 Å². The maximum absolute atomic E-state index is 11.7. The number of anilines is 2. The molecule has 0 radical (unpaired) electrons. The Balaban J connectivity index is 2.17. The predicted octanol–water partition coefficient (Wildman–Crippen LogP) is 2.12. The smallest absolute Gasteiger partial charge is 0.341 e. The van der Waals surface area contributed by atoms with Crippen molar-refractivity contribution in [2.45, 2.75) is 6.54 Å². The van der Waals surface area contributed by atoms with Crippen molar-refractivity contribution in [1.82, 2.24) is 9.97 Å². The fraction of sp³-hybridized carbons (Fsp3) is 0.214. The van der Waals surface area contributed by atoms with Gasteiger partial charge in [-0.15, -0.1) is 0 Å².